The zero-order chi connectivity index (χ0) is 8.15. The van der Waals surface area contributed by atoms with Crippen LogP contribution < -0.4 is 0 Å². The van der Waals surface area contributed by atoms with E-state index in [9.17, 15) is 8.78 Å². The largest absolute Gasteiger partial charge is 0.263 e. The number of allylic oxidation sites excluding steroid dienone is 4. The second-order valence-corrected chi connectivity index (χ2v) is 1.97. The smallest absolute Gasteiger partial charge is 0.205 e. The number of hydrogen-bond donors (Lipinski definition) is 0. The highest BCUT2D eigenvalue weighted by Crippen LogP contribution is 2.09. The second-order valence-electron chi connectivity index (χ2n) is 1.97. The molecular weight excluding hydrogens is 134 g/mol. The predicted octanol–water partition coefficient (Wildman–Crippen LogP) is 2.94. The Kier molecular flexibility index (Phi) is 3.62. The first-order valence-corrected chi connectivity index (χ1v) is 2.85. The molecular formula is C8H10F2. The number of rotatable bonds is 3. The van der Waals surface area contributed by atoms with Gasteiger partial charge in [0.25, 0.3) is 6.43 Å². The lowest BCUT2D eigenvalue weighted by molar-refractivity contribution is 0.194. The van der Waals surface area contributed by atoms with Crippen molar-refractivity contribution in [3.63, 3.8) is 0 Å². The summed E-state index contributed by atoms with van der Waals surface area (Å²) in [5.41, 5.74) is 0.530. The van der Waals surface area contributed by atoms with Gasteiger partial charge < -0.3 is 0 Å². The Balaban J connectivity index is 4.13. The molecule has 0 radical (unpaired) electrons. The van der Waals surface area contributed by atoms with Crippen LogP contribution in [0.15, 0.2) is 36.5 Å². The van der Waals surface area contributed by atoms with Crippen LogP contribution in [0.5, 0.6) is 0 Å². The van der Waals surface area contributed by atoms with Crippen molar-refractivity contribution >= 4 is 0 Å². The van der Waals surface area contributed by atoms with Gasteiger partial charge in [-0.25, -0.2) is 8.78 Å². The molecule has 56 valence electrons. The van der Waals surface area contributed by atoms with Crippen molar-refractivity contribution in [1.29, 1.82) is 0 Å². The van der Waals surface area contributed by atoms with Gasteiger partial charge in [0, 0.05) is 5.57 Å². The maximum Gasteiger partial charge on any atom is 0.263 e. The molecule has 0 saturated carbocycles. The van der Waals surface area contributed by atoms with E-state index >= 15 is 0 Å². The number of halogens is 2. The molecule has 10 heavy (non-hydrogen) atoms. The molecule has 0 N–H and O–H groups in total. The fourth-order valence-corrected chi connectivity index (χ4v) is 0.414. The average Bonchev–Trinajstić information content (AvgIpc) is 1.87. The Bertz CT molecular complexity index is 166. The summed E-state index contributed by atoms with van der Waals surface area (Å²) in [6.07, 6.45) is 0.362. The highest BCUT2D eigenvalue weighted by atomic mass is 19.3. The van der Waals surface area contributed by atoms with Crippen LogP contribution in [0.2, 0.25) is 0 Å². The van der Waals surface area contributed by atoms with Gasteiger partial charge in [0.15, 0.2) is 0 Å². The third-order valence-electron chi connectivity index (χ3n) is 1.02. The average molecular weight is 144 g/mol. The van der Waals surface area contributed by atoms with E-state index in [0.717, 1.165) is 0 Å². The Morgan fingerprint density at radius 1 is 1.50 bits per heavy atom. The summed E-state index contributed by atoms with van der Waals surface area (Å²) < 4.78 is 23.5. The van der Waals surface area contributed by atoms with Crippen LogP contribution in [-0.4, -0.2) is 6.43 Å². The minimum Gasteiger partial charge on any atom is -0.205 e. The van der Waals surface area contributed by atoms with Crippen molar-refractivity contribution in [2.75, 3.05) is 0 Å². The predicted molar refractivity (Wildman–Crippen MR) is 39.1 cm³/mol. The molecule has 0 nitrogen and oxygen atoms in total. The van der Waals surface area contributed by atoms with Gasteiger partial charge >= 0.3 is 0 Å². The van der Waals surface area contributed by atoms with Crippen LogP contribution in [0.1, 0.15) is 6.92 Å². The first kappa shape index (κ1) is 9.08. The molecule has 0 amide bonds. The summed E-state index contributed by atoms with van der Waals surface area (Å²) >= 11 is 0. The van der Waals surface area contributed by atoms with Gasteiger partial charge in [-0.05, 0) is 6.92 Å². The minimum absolute atomic E-state index is 0.169. The Hall–Kier alpha value is -0.920. The third-order valence-corrected chi connectivity index (χ3v) is 1.02. The first-order valence-electron chi connectivity index (χ1n) is 2.85. The van der Waals surface area contributed by atoms with Gasteiger partial charge in [0.2, 0.25) is 0 Å². The molecule has 0 aromatic carbocycles. The molecule has 0 aliphatic heterocycles. The van der Waals surface area contributed by atoms with Gasteiger partial charge in [-0.1, -0.05) is 30.9 Å². The SMILES string of the molecule is C=C/C(C)=C/C(=C)C(F)F. The molecule has 0 aliphatic carbocycles. The lowest BCUT2D eigenvalue weighted by Crippen LogP contribution is -1.91. The van der Waals surface area contributed by atoms with E-state index in [1.165, 1.54) is 12.2 Å². The van der Waals surface area contributed by atoms with Crippen molar-refractivity contribution in [1.82, 2.24) is 0 Å². The molecule has 0 heterocycles. The van der Waals surface area contributed by atoms with Crippen LogP contribution >= 0.6 is 0 Å². The van der Waals surface area contributed by atoms with Gasteiger partial charge in [-0.3, -0.25) is 0 Å². The van der Waals surface area contributed by atoms with Gasteiger partial charge in [0.05, 0.1) is 0 Å². The van der Waals surface area contributed by atoms with Crippen LogP contribution in [0.3, 0.4) is 0 Å². The van der Waals surface area contributed by atoms with Gasteiger partial charge in [-0.2, -0.15) is 0 Å². The quantitative estimate of drug-likeness (QED) is 0.534. The van der Waals surface area contributed by atoms with Crippen LogP contribution in [-0.2, 0) is 0 Å². The van der Waals surface area contributed by atoms with E-state index in [1.54, 1.807) is 6.92 Å². The summed E-state index contributed by atoms with van der Waals surface area (Å²) in [7, 11) is 0. The van der Waals surface area contributed by atoms with E-state index in [4.69, 9.17) is 0 Å². The highest BCUT2D eigenvalue weighted by molar-refractivity contribution is 5.26. The highest BCUT2D eigenvalue weighted by Gasteiger charge is 2.03. The molecule has 0 spiro atoms. The molecule has 0 unspecified atom stereocenters. The fourth-order valence-electron chi connectivity index (χ4n) is 0.414. The van der Waals surface area contributed by atoms with Gasteiger partial charge in [-0.15, -0.1) is 0 Å². The summed E-state index contributed by atoms with van der Waals surface area (Å²) in [6.45, 7) is 8.28. The van der Waals surface area contributed by atoms with Crippen molar-refractivity contribution in [2.45, 2.75) is 13.3 Å². The van der Waals surface area contributed by atoms with Crippen molar-refractivity contribution < 1.29 is 8.78 Å². The topological polar surface area (TPSA) is 0 Å². The van der Waals surface area contributed by atoms with Crippen molar-refractivity contribution in [3.8, 4) is 0 Å². The monoisotopic (exact) mass is 144 g/mol. The summed E-state index contributed by atoms with van der Waals surface area (Å²) in [5.74, 6) is 0. The molecule has 2 heteroatoms. The summed E-state index contributed by atoms with van der Waals surface area (Å²) in [6, 6.07) is 0. The summed E-state index contributed by atoms with van der Waals surface area (Å²) in [4.78, 5) is 0. The van der Waals surface area contributed by atoms with Crippen LogP contribution in [0.25, 0.3) is 0 Å². The third kappa shape index (κ3) is 3.17. The Morgan fingerprint density at radius 3 is 2.30 bits per heavy atom. The molecule has 0 rings (SSSR count). The molecule has 0 aromatic rings. The maximum absolute atomic E-state index is 11.7. The molecule has 0 fully saturated rings. The van der Waals surface area contributed by atoms with Crippen LogP contribution in [0, 0.1) is 0 Å². The first-order chi connectivity index (χ1) is 4.57. The van der Waals surface area contributed by atoms with Gasteiger partial charge in [0.1, 0.15) is 0 Å². The van der Waals surface area contributed by atoms with Crippen molar-refractivity contribution in [3.05, 3.63) is 36.5 Å². The van der Waals surface area contributed by atoms with E-state index < -0.39 is 6.43 Å². The van der Waals surface area contributed by atoms with E-state index in [1.807, 2.05) is 0 Å². The lowest BCUT2D eigenvalue weighted by Gasteiger charge is -1.96. The fraction of sp³-hybridized carbons (Fsp3) is 0.250. The van der Waals surface area contributed by atoms with E-state index in [-0.39, 0.29) is 5.57 Å². The van der Waals surface area contributed by atoms with Crippen molar-refractivity contribution in [2.24, 2.45) is 0 Å². The van der Waals surface area contributed by atoms with E-state index in [2.05, 4.69) is 13.2 Å². The maximum atomic E-state index is 11.7. The Labute approximate surface area is 59.6 Å². The minimum atomic E-state index is -2.46. The molecule has 0 bridgehead atoms. The lowest BCUT2D eigenvalue weighted by atomic mass is 10.2. The molecule has 0 atom stereocenters. The number of hydrogen-bond acceptors (Lipinski definition) is 0. The van der Waals surface area contributed by atoms with E-state index in [0.29, 0.717) is 5.57 Å². The second kappa shape index (κ2) is 3.99. The molecule has 0 aliphatic rings. The number of alkyl halides is 2. The standard InChI is InChI=1S/C8H10F2/c1-4-6(2)5-7(3)8(9)10/h4-5,8H,1,3H2,2H3/b6-5+. The zero-order valence-corrected chi connectivity index (χ0v) is 5.90. The Morgan fingerprint density at radius 2 is 2.00 bits per heavy atom. The van der Waals surface area contributed by atoms with Crippen LogP contribution in [0.4, 0.5) is 8.78 Å². The molecule has 0 saturated heterocycles. The summed E-state index contributed by atoms with van der Waals surface area (Å²) in [5, 5.41) is 0. The molecule has 0 aromatic heterocycles. The zero-order valence-electron chi connectivity index (χ0n) is 5.90. The normalized spacial score (nSPS) is 11.8.